The number of aromatic nitrogens is 2. The second-order valence-corrected chi connectivity index (χ2v) is 6.53. The zero-order chi connectivity index (χ0) is 17.1. The van der Waals surface area contributed by atoms with E-state index in [9.17, 15) is 4.79 Å². The lowest BCUT2D eigenvalue weighted by molar-refractivity contribution is 0.132. The molecule has 1 aliphatic rings. The third-order valence-corrected chi connectivity index (χ3v) is 4.94. The minimum Gasteiger partial charge on any atom is -0.306 e. The van der Waals surface area contributed by atoms with Crippen molar-refractivity contribution in [2.24, 2.45) is 0 Å². The van der Waals surface area contributed by atoms with Crippen LogP contribution in [0, 0.1) is 13.8 Å². The summed E-state index contributed by atoms with van der Waals surface area (Å²) in [4.78, 5) is 24.3. The Labute approximate surface area is 143 Å². The molecule has 2 aromatic rings. The number of hydrogen-bond acceptors (Lipinski definition) is 4. The highest BCUT2D eigenvalue weighted by atomic mass is 16.1. The summed E-state index contributed by atoms with van der Waals surface area (Å²) >= 11 is 0. The van der Waals surface area contributed by atoms with Gasteiger partial charge >= 0.3 is 0 Å². The monoisotopic (exact) mass is 326 g/mol. The number of hydrogen-bond donors (Lipinski definition) is 1. The first-order valence-corrected chi connectivity index (χ1v) is 8.68. The van der Waals surface area contributed by atoms with Crippen LogP contribution in [0.1, 0.15) is 23.7 Å². The summed E-state index contributed by atoms with van der Waals surface area (Å²) in [7, 11) is 0. The van der Waals surface area contributed by atoms with Crippen molar-refractivity contribution in [2.75, 3.05) is 32.7 Å². The molecule has 1 N–H and O–H groups in total. The Morgan fingerprint density at radius 3 is 2.25 bits per heavy atom. The van der Waals surface area contributed by atoms with Crippen LogP contribution in [0.5, 0.6) is 0 Å². The molecule has 1 aromatic heterocycles. The SMILES string of the molecule is CCN1CCN(Cc2ccc(-c3nc(C)c(C)c(=O)[nH]3)cc2)CC1. The van der Waals surface area contributed by atoms with E-state index in [2.05, 4.69) is 38.8 Å². The maximum absolute atomic E-state index is 11.9. The van der Waals surface area contributed by atoms with Gasteiger partial charge in [0, 0.05) is 49.5 Å². The van der Waals surface area contributed by atoms with E-state index in [0.717, 1.165) is 50.5 Å². The largest absolute Gasteiger partial charge is 0.306 e. The molecule has 0 aliphatic carbocycles. The topological polar surface area (TPSA) is 52.2 Å². The van der Waals surface area contributed by atoms with Crippen molar-refractivity contribution in [3.63, 3.8) is 0 Å². The van der Waals surface area contributed by atoms with Gasteiger partial charge in [0.2, 0.25) is 0 Å². The van der Waals surface area contributed by atoms with Crippen LogP contribution in [0.25, 0.3) is 11.4 Å². The van der Waals surface area contributed by atoms with Crippen LogP contribution in [0.4, 0.5) is 0 Å². The summed E-state index contributed by atoms with van der Waals surface area (Å²) in [6.45, 7) is 12.6. The molecule has 24 heavy (non-hydrogen) atoms. The average Bonchev–Trinajstić information content (AvgIpc) is 2.60. The molecule has 0 bridgehead atoms. The van der Waals surface area contributed by atoms with E-state index in [1.807, 2.05) is 19.1 Å². The average molecular weight is 326 g/mol. The number of piperazine rings is 1. The van der Waals surface area contributed by atoms with E-state index in [0.29, 0.717) is 11.4 Å². The van der Waals surface area contributed by atoms with E-state index in [1.165, 1.54) is 5.56 Å². The fourth-order valence-corrected chi connectivity index (χ4v) is 3.07. The normalized spacial score (nSPS) is 16.5. The van der Waals surface area contributed by atoms with Gasteiger partial charge in [-0.15, -0.1) is 0 Å². The molecule has 5 nitrogen and oxygen atoms in total. The molecule has 0 atom stereocenters. The highest BCUT2D eigenvalue weighted by Gasteiger charge is 2.15. The lowest BCUT2D eigenvalue weighted by Crippen LogP contribution is -2.45. The van der Waals surface area contributed by atoms with Crippen molar-refractivity contribution < 1.29 is 0 Å². The number of benzene rings is 1. The predicted molar refractivity (Wildman–Crippen MR) is 97.2 cm³/mol. The summed E-state index contributed by atoms with van der Waals surface area (Å²) in [6.07, 6.45) is 0. The van der Waals surface area contributed by atoms with Crippen molar-refractivity contribution in [1.82, 2.24) is 19.8 Å². The Balaban J connectivity index is 1.69. The van der Waals surface area contributed by atoms with Crippen molar-refractivity contribution in [1.29, 1.82) is 0 Å². The van der Waals surface area contributed by atoms with E-state index in [4.69, 9.17) is 0 Å². The Morgan fingerprint density at radius 2 is 1.67 bits per heavy atom. The lowest BCUT2D eigenvalue weighted by atomic mass is 10.1. The summed E-state index contributed by atoms with van der Waals surface area (Å²) < 4.78 is 0. The first kappa shape index (κ1) is 16.9. The van der Waals surface area contributed by atoms with Gasteiger partial charge < -0.3 is 9.88 Å². The second kappa shape index (κ2) is 7.28. The van der Waals surface area contributed by atoms with Crippen molar-refractivity contribution >= 4 is 0 Å². The van der Waals surface area contributed by atoms with E-state index < -0.39 is 0 Å². The first-order valence-electron chi connectivity index (χ1n) is 8.68. The van der Waals surface area contributed by atoms with Gasteiger partial charge in [0.25, 0.3) is 5.56 Å². The van der Waals surface area contributed by atoms with Crippen LogP contribution in [0.3, 0.4) is 0 Å². The smallest absolute Gasteiger partial charge is 0.254 e. The number of nitrogens with one attached hydrogen (secondary N) is 1. The quantitative estimate of drug-likeness (QED) is 0.936. The number of likely N-dealkylation sites (N-methyl/N-ethyl adjacent to an activating group) is 1. The van der Waals surface area contributed by atoms with Crippen LogP contribution < -0.4 is 5.56 Å². The number of H-pyrrole nitrogens is 1. The highest BCUT2D eigenvalue weighted by molar-refractivity contribution is 5.55. The molecule has 1 saturated heterocycles. The maximum atomic E-state index is 11.9. The fourth-order valence-electron chi connectivity index (χ4n) is 3.07. The Morgan fingerprint density at radius 1 is 1.04 bits per heavy atom. The fraction of sp³-hybridized carbons (Fsp3) is 0.474. The van der Waals surface area contributed by atoms with Crippen molar-refractivity contribution in [2.45, 2.75) is 27.3 Å². The maximum Gasteiger partial charge on any atom is 0.254 e. The Bertz CT molecular complexity index is 743. The van der Waals surface area contributed by atoms with E-state index in [-0.39, 0.29) is 5.56 Å². The number of nitrogens with zero attached hydrogens (tertiary/aromatic N) is 3. The first-order chi connectivity index (χ1) is 11.6. The van der Waals surface area contributed by atoms with Gasteiger partial charge in [0.1, 0.15) is 5.82 Å². The Kier molecular flexibility index (Phi) is 5.11. The molecule has 0 unspecified atom stereocenters. The van der Waals surface area contributed by atoms with Gasteiger partial charge in [-0.05, 0) is 26.0 Å². The molecule has 1 fully saturated rings. The Hall–Kier alpha value is -1.98. The summed E-state index contributed by atoms with van der Waals surface area (Å²) in [5.41, 5.74) is 3.66. The van der Waals surface area contributed by atoms with E-state index in [1.54, 1.807) is 6.92 Å². The molecule has 0 amide bonds. The van der Waals surface area contributed by atoms with Gasteiger partial charge in [-0.3, -0.25) is 9.69 Å². The zero-order valence-corrected chi connectivity index (χ0v) is 14.8. The zero-order valence-electron chi connectivity index (χ0n) is 14.8. The second-order valence-electron chi connectivity index (χ2n) is 6.53. The molecule has 128 valence electrons. The van der Waals surface area contributed by atoms with Gasteiger partial charge in [-0.1, -0.05) is 31.2 Å². The molecular formula is C19H26N4O. The molecule has 5 heteroatoms. The van der Waals surface area contributed by atoms with Crippen LogP contribution in [-0.4, -0.2) is 52.5 Å². The van der Waals surface area contributed by atoms with Crippen LogP contribution in [-0.2, 0) is 6.54 Å². The van der Waals surface area contributed by atoms with Gasteiger partial charge in [-0.2, -0.15) is 0 Å². The molecule has 1 aliphatic heterocycles. The summed E-state index contributed by atoms with van der Waals surface area (Å²) in [5.74, 6) is 0.645. The minimum atomic E-state index is -0.0598. The van der Waals surface area contributed by atoms with Crippen LogP contribution in [0.15, 0.2) is 29.1 Å². The molecule has 0 saturated carbocycles. The summed E-state index contributed by atoms with van der Waals surface area (Å²) in [5, 5.41) is 0. The lowest BCUT2D eigenvalue weighted by Gasteiger charge is -2.34. The van der Waals surface area contributed by atoms with E-state index >= 15 is 0 Å². The van der Waals surface area contributed by atoms with Crippen LogP contribution >= 0.6 is 0 Å². The van der Waals surface area contributed by atoms with Crippen molar-refractivity contribution in [3.05, 3.63) is 51.4 Å². The highest BCUT2D eigenvalue weighted by Crippen LogP contribution is 2.17. The molecule has 2 heterocycles. The number of aromatic amines is 1. The third-order valence-electron chi connectivity index (χ3n) is 4.94. The van der Waals surface area contributed by atoms with Gasteiger partial charge in [-0.25, -0.2) is 4.98 Å². The molecule has 0 radical (unpaired) electrons. The predicted octanol–water partition coefficient (Wildman–Crippen LogP) is 2.19. The molecular weight excluding hydrogens is 300 g/mol. The van der Waals surface area contributed by atoms with Gasteiger partial charge in [0.15, 0.2) is 0 Å². The standard InChI is InChI=1S/C19H26N4O/c1-4-22-9-11-23(12-10-22)13-16-5-7-17(8-6-16)18-20-15(3)14(2)19(24)21-18/h5-8H,4,9-13H2,1-3H3,(H,20,21,24). The molecule has 1 aromatic carbocycles. The molecule has 3 rings (SSSR count). The van der Waals surface area contributed by atoms with Crippen molar-refractivity contribution in [3.8, 4) is 11.4 Å². The number of aryl methyl sites for hydroxylation is 1. The summed E-state index contributed by atoms with van der Waals surface area (Å²) in [6, 6.07) is 8.36. The molecule has 0 spiro atoms. The number of rotatable bonds is 4. The van der Waals surface area contributed by atoms with Crippen LogP contribution in [0.2, 0.25) is 0 Å². The minimum absolute atomic E-state index is 0.0598. The third kappa shape index (κ3) is 3.74. The van der Waals surface area contributed by atoms with Gasteiger partial charge in [0.05, 0.1) is 0 Å².